The molecule has 0 atom stereocenters. The molecule has 1 aliphatic rings. The molecular weight excluding hydrogens is 278 g/mol. The van der Waals surface area contributed by atoms with Crippen LogP contribution in [0.3, 0.4) is 0 Å². The summed E-state index contributed by atoms with van der Waals surface area (Å²) in [6.07, 6.45) is 1.03. The van der Waals surface area contributed by atoms with Crippen LogP contribution in [-0.4, -0.2) is 43.7 Å². The van der Waals surface area contributed by atoms with E-state index in [0.29, 0.717) is 31.5 Å². The Morgan fingerprint density at radius 1 is 1.20 bits per heavy atom. The van der Waals surface area contributed by atoms with Crippen LogP contribution in [0.4, 0.5) is 0 Å². The van der Waals surface area contributed by atoms with E-state index in [2.05, 4.69) is 8.75 Å². The van der Waals surface area contributed by atoms with Gasteiger partial charge in [-0.1, -0.05) is 0 Å². The standard InChI is InChI=1S/C13H13N3O3S/c17-12(16-5-3-8(4-6-16)13(18)19)9-1-2-10-11(7-9)15-20-14-10/h1-2,7-8H,3-6H2,(H,18,19). The van der Waals surface area contributed by atoms with Crippen LogP contribution in [0.1, 0.15) is 23.2 Å². The van der Waals surface area contributed by atoms with Crippen LogP contribution in [0.25, 0.3) is 11.0 Å². The van der Waals surface area contributed by atoms with Gasteiger partial charge in [0.1, 0.15) is 11.0 Å². The normalized spacial score (nSPS) is 16.5. The second kappa shape index (κ2) is 5.16. The van der Waals surface area contributed by atoms with Crippen LogP contribution in [-0.2, 0) is 4.79 Å². The molecule has 1 amide bonds. The van der Waals surface area contributed by atoms with Crippen molar-refractivity contribution in [1.29, 1.82) is 0 Å². The molecule has 3 rings (SSSR count). The van der Waals surface area contributed by atoms with Crippen molar-refractivity contribution in [1.82, 2.24) is 13.6 Å². The summed E-state index contributed by atoms with van der Waals surface area (Å²) < 4.78 is 8.23. The quantitative estimate of drug-likeness (QED) is 0.909. The highest BCUT2D eigenvalue weighted by Crippen LogP contribution is 2.20. The zero-order valence-corrected chi connectivity index (χ0v) is 11.5. The molecule has 6 nitrogen and oxygen atoms in total. The van der Waals surface area contributed by atoms with Crippen LogP contribution < -0.4 is 0 Å². The molecule has 0 saturated carbocycles. The number of piperidine rings is 1. The average Bonchev–Trinajstić information content (AvgIpc) is 2.94. The van der Waals surface area contributed by atoms with Crippen molar-refractivity contribution in [3.63, 3.8) is 0 Å². The number of carboxylic acid groups (broad SMARTS) is 1. The first-order valence-electron chi connectivity index (χ1n) is 6.39. The number of fused-ring (bicyclic) bond motifs is 1. The van der Waals surface area contributed by atoms with E-state index >= 15 is 0 Å². The number of carbonyl (C=O) groups is 2. The molecule has 1 aromatic heterocycles. The van der Waals surface area contributed by atoms with E-state index in [4.69, 9.17) is 5.11 Å². The molecule has 20 heavy (non-hydrogen) atoms. The summed E-state index contributed by atoms with van der Waals surface area (Å²) in [5, 5.41) is 8.96. The van der Waals surface area contributed by atoms with E-state index in [1.807, 2.05) is 0 Å². The van der Waals surface area contributed by atoms with Crippen LogP contribution in [0.15, 0.2) is 18.2 Å². The molecule has 2 heterocycles. The molecule has 0 radical (unpaired) electrons. The first kappa shape index (κ1) is 13.0. The third kappa shape index (κ3) is 2.36. The first-order chi connectivity index (χ1) is 9.65. The molecule has 1 aromatic carbocycles. The predicted octanol–water partition coefficient (Wildman–Crippen LogP) is 1.63. The highest BCUT2D eigenvalue weighted by molar-refractivity contribution is 7.00. The average molecular weight is 291 g/mol. The summed E-state index contributed by atoms with van der Waals surface area (Å²) in [6, 6.07) is 5.27. The summed E-state index contributed by atoms with van der Waals surface area (Å²) >= 11 is 1.12. The third-order valence-electron chi connectivity index (χ3n) is 3.63. The number of aromatic nitrogens is 2. The SMILES string of the molecule is O=C(O)C1CCN(C(=O)c2ccc3nsnc3c2)CC1. The Hall–Kier alpha value is -2.02. The van der Waals surface area contributed by atoms with Gasteiger partial charge >= 0.3 is 5.97 Å². The van der Waals surface area contributed by atoms with Crippen LogP contribution >= 0.6 is 11.7 Å². The number of hydrogen-bond donors (Lipinski definition) is 1. The summed E-state index contributed by atoms with van der Waals surface area (Å²) in [5.74, 6) is -1.17. The second-order valence-electron chi connectivity index (χ2n) is 4.87. The molecule has 0 bridgehead atoms. The number of hydrogen-bond acceptors (Lipinski definition) is 5. The Balaban J connectivity index is 1.74. The molecule has 2 aromatic rings. The van der Waals surface area contributed by atoms with Gasteiger partial charge in [-0.15, -0.1) is 0 Å². The molecular formula is C13H13N3O3S. The number of benzene rings is 1. The van der Waals surface area contributed by atoms with E-state index in [1.165, 1.54) is 0 Å². The molecule has 0 unspecified atom stereocenters. The largest absolute Gasteiger partial charge is 0.481 e. The lowest BCUT2D eigenvalue weighted by molar-refractivity contribution is -0.143. The fourth-order valence-corrected chi connectivity index (χ4v) is 2.94. The number of aliphatic carboxylic acids is 1. The van der Waals surface area contributed by atoms with Crippen molar-refractivity contribution in [2.24, 2.45) is 5.92 Å². The molecule has 104 valence electrons. The highest BCUT2D eigenvalue weighted by Gasteiger charge is 2.27. The molecule has 1 fully saturated rings. The van der Waals surface area contributed by atoms with Crippen molar-refractivity contribution in [3.8, 4) is 0 Å². The van der Waals surface area contributed by atoms with Gasteiger partial charge in [0, 0.05) is 18.7 Å². The molecule has 1 aliphatic heterocycles. The van der Waals surface area contributed by atoms with Crippen molar-refractivity contribution < 1.29 is 14.7 Å². The van der Waals surface area contributed by atoms with Crippen LogP contribution in [0, 0.1) is 5.92 Å². The summed E-state index contributed by atoms with van der Waals surface area (Å²) in [6.45, 7) is 0.978. The number of carbonyl (C=O) groups excluding carboxylic acids is 1. The second-order valence-corrected chi connectivity index (χ2v) is 5.40. The molecule has 0 spiro atoms. The minimum atomic E-state index is -0.771. The predicted molar refractivity (Wildman–Crippen MR) is 73.7 cm³/mol. The van der Waals surface area contributed by atoms with Crippen molar-refractivity contribution >= 4 is 34.6 Å². The molecule has 1 N–H and O–H groups in total. The van der Waals surface area contributed by atoms with Crippen LogP contribution in [0.5, 0.6) is 0 Å². The van der Waals surface area contributed by atoms with Crippen molar-refractivity contribution in [2.75, 3.05) is 13.1 Å². The van der Waals surface area contributed by atoms with Gasteiger partial charge in [-0.2, -0.15) is 8.75 Å². The number of likely N-dealkylation sites (tertiary alicyclic amines) is 1. The lowest BCUT2D eigenvalue weighted by Gasteiger charge is -2.30. The smallest absolute Gasteiger partial charge is 0.306 e. The van der Waals surface area contributed by atoms with Gasteiger partial charge in [0.05, 0.1) is 17.6 Å². The summed E-state index contributed by atoms with van der Waals surface area (Å²) in [4.78, 5) is 25.0. The van der Waals surface area contributed by atoms with Gasteiger partial charge in [0.2, 0.25) is 0 Å². The van der Waals surface area contributed by atoms with Gasteiger partial charge in [-0.3, -0.25) is 9.59 Å². The maximum absolute atomic E-state index is 12.4. The molecule has 0 aliphatic carbocycles. The van der Waals surface area contributed by atoms with E-state index in [1.54, 1.807) is 23.1 Å². The minimum absolute atomic E-state index is 0.0660. The fraction of sp³-hybridized carbons (Fsp3) is 0.385. The van der Waals surface area contributed by atoms with Gasteiger partial charge in [0.15, 0.2) is 0 Å². The van der Waals surface area contributed by atoms with Gasteiger partial charge < -0.3 is 10.0 Å². The minimum Gasteiger partial charge on any atom is -0.481 e. The summed E-state index contributed by atoms with van der Waals surface area (Å²) in [5.41, 5.74) is 2.09. The van der Waals surface area contributed by atoms with E-state index in [9.17, 15) is 9.59 Å². The Bertz CT molecular complexity index is 662. The lowest BCUT2D eigenvalue weighted by Crippen LogP contribution is -2.40. The highest BCUT2D eigenvalue weighted by atomic mass is 32.1. The summed E-state index contributed by atoms with van der Waals surface area (Å²) in [7, 11) is 0. The maximum Gasteiger partial charge on any atom is 0.306 e. The Morgan fingerprint density at radius 3 is 2.60 bits per heavy atom. The number of amides is 1. The Kier molecular flexibility index (Phi) is 3.35. The Labute approximate surface area is 119 Å². The zero-order chi connectivity index (χ0) is 14.1. The van der Waals surface area contributed by atoms with Crippen molar-refractivity contribution in [2.45, 2.75) is 12.8 Å². The molecule has 7 heteroatoms. The maximum atomic E-state index is 12.4. The van der Waals surface area contributed by atoms with Gasteiger partial charge in [-0.25, -0.2) is 0 Å². The monoisotopic (exact) mass is 291 g/mol. The van der Waals surface area contributed by atoms with E-state index in [0.717, 1.165) is 22.8 Å². The van der Waals surface area contributed by atoms with Gasteiger partial charge in [-0.05, 0) is 31.0 Å². The first-order valence-corrected chi connectivity index (χ1v) is 7.12. The lowest BCUT2D eigenvalue weighted by atomic mass is 9.96. The van der Waals surface area contributed by atoms with E-state index < -0.39 is 5.97 Å². The van der Waals surface area contributed by atoms with Crippen molar-refractivity contribution in [3.05, 3.63) is 23.8 Å². The number of rotatable bonds is 2. The number of nitrogens with zero attached hydrogens (tertiary/aromatic N) is 3. The molecule has 1 saturated heterocycles. The van der Waals surface area contributed by atoms with E-state index in [-0.39, 0.29) is 11.8 Å². The number of carboxylic acids is 1. The van der Waals surface area contributed by atoms with Gasteiger partial charge in [0.25, 0.3) is 5.91 Å². The topological polar surface area (TPSA) is 83.4 Å². The van der Waals surface area contributed by atoms with Crippen LogP contribution in [0.2, 0.25) is 0 Å². The Morgan fingerprint density at radius 2 is 1.90 bits per heavy atom. The third-order valence-corrected chi connectivity index (χ3v) is 4.19. The fourth-order valence-electron chi connectivity index (χ4n) is 2.43. The zero-order valence-electron chi connectivity index (χ0n) is 10.7.